The fourth-order valence-corrected chi connectivity index (χ4v) is 6.28. The summed E-state index contributed by atoms with van der Waals surface area (Å²) in [7, 11) is -16.7. The zero-order chi connectivity index (χ0) is 25.9. The van der Waals surface area contributed by atoms with Gasteiger partial charge in [0.1, 0.15) is 5.60 Å². The van der Waals surface area contributed by atoms with Gasteiger partial charge in [-0.25, -0.2) is 18.7 Å². The number of H-pyrrole nitrogens is 1. The smallest absolute Gasteiger partial charge is 0.385 e. The Kier molecular flexibility index (Phi) is 6.81. The van der Waals surface area contributed by atoms with Crippen molar-refractivity contribution in [2.45, 2.75) is 38.7 Å². The van der Waals surface area contributed by atoms with E-state index in [2.05, 4.69) is 28.1 Å². The third-order valence-electron chi connectivity index (χ3n) is 5.39. The predicted molar refractivity (Wildman–Crippen MR) is 111 cm³/mol. The van der Waals surface area contributed by atoms with Gasteiger partial charge in [0, 0.05) is 5.41 Å². The van der Waals surface area contributed by atoms with Gasteiger partial charge in [-0.1, -0.05) is 13.8 Å². The molecular formula is C13H22N5O13P3. The molecule has 0 amide bonds. The van der Waals surface area contributed by atoms with E-state index in [-0.39, 0.29) is 17.1 Å². The van der Waals surface area contributed by atoms with Crippen molar-refractivity contribution in [2.75, 3.05) is 12.3 Å². The number of nitrogen functional groups attached to an aromatic ring is 1. The number of ether oxygens (including phenoxy) is 1. The van der Waals surface area contributed by atoms with Crippen LogP contribution >= 0.6 is 23.5 Å². The molecule has 1 fully saturated rings. The fourth-order valence-electron chi connectivity index (χ4n) is 3.27. The van der Waals surface area contributed by atoms with Crippen LogP contribution in [0.15, 0.2) is 11.1 Å². The van der Waals surface area contributed by atoms with E-state index in [0.717, 1.165) is 0 Å². The van der Waals surface area contributed by atoms with Crippen LogP contribution in [0.25, 0.3) is 11.2 Å². The lowest BCUT2D eigenvalue weighted by atomic mass is 9.73. The number of aromatic nitrogens is 4. The van der Waals surface area contributed by atoms with Gasteiger partial charge >= 0.3 is 23.5 Å². The number of nitrogens with zero attached hydrogens (tertiary/aromatic N) is 3. The first-order valence-corrected chi connectivity index (χ1v) is 13.7. The summed E-state index contributed by atoms with van der Waals surface area (Å²) in [4.78, 5) is 58.4. The molecule has 5 atom stereocenters. The molecule has 2 aromatic rings. The van der Waals surface area contributed by atoms with Gasteiger partial charge in [-0.3, -0.25) is 18.9 Å². The number of aromatic amines is 1. The van der Waals surface area contributed by atoms with Crippen molar-refractivity contribution in [3.05, 3.63) is 16.7 Å². The zero-order valence-corrected chi connectivity index (χ0v) is 20.4. The lowest BCUT2D eigenvalue weighted by Crippen LogP contribution is -2.46. The van der Waals surface area contributed by atoms with Crippen molar-refractivity contribution in [2.24, 2.45) is 5.41 Å². The van der Waals surface area contributed by atoms with Gasteiger partial charge in [0.2, 0.25) is 5.95 Å². The maximum atomic E-state index is 12.1. The molecule has 1 aliphatic heterocycles. The maximum Gasteiger partial charge on any atom is 0.490 e. The summed E-state index contributed by atoms with van der Waals surface area (Å²) in [5, 5.41) is 11.2. The van der Waals surface area contributed by atoms with Crippen molar-refractivity contribution < 1.29 is 56.3 Å². The van der Waals surface area contributed by atoms with Crippen LogP contribution in [-0.2, 0) is 31.6 Å². The van der Waals surface area contributed by atoms with E-state index in [4.69, 9.17) is 20.3 Å². The normalized spacial score (nSPS) is 28.6. The lowest BCUT2D eigenvalue weighted by molar-refractivity contribution is -0.0941. The molecule has 18 nitrogen and oxygen atoms in total. The van der Waals surface area contributed by atoms with Crippen molar-refractivity contribution >= 4 is 40.6 Å². The summed E-state index contributed by atoms with van der Waals surface area (Å²) in [6, 6.07) is 0. The largest absolute Gasteiger partial charge is 0.490 e. The van der Waals surface area contributed by atoms with Crippen LogP contribution in [0.4, 0.5) is 5.95 Å². The number of imidazole rings is 1. The Morgan fingerprint density at radius 3 is 2.38 bits per heavy atom. The van der Waals surface area contributed by atoms with Crippen molar-refractivity contribution in [3.63, 3.8) is 0 Å². The molecule has 1 saturated heterocycles. The van der Waals surface area contributed by atoms with Crippen LogP contribution in [0.3, 0.4) is 0 Å². The van der Waals surface area contributed by atoms with Gasteiger partial charge in [0.25, 0.3) is 5.56 Å². The van der Waals surface area contributed by atoms with E-state index < -0.39 is 59.0 Å². The Bertz CT molecular complexity index is 1300. The quantitative estimate of drug-likeness (QED) is 0.208. The van der Waals surface area contributed by atoms with Crippen LogP contribution in [-0.4, -0.2) is 62.5 Å². The van der Waals surface area contributed by atoms with E-state index >= 15 is 0 Å². The highest BCUT2D eigenvalue weighted by atomic mass is 31.3. The molecule has 0 saturated carbocycles. The second-order valence-electron chi connectivity index (χ2n) is 8.01. The number of nitrogens with one attached hydrogen (secondary N) is 1. The van der Waals surface area contributed by atoms with Crippen LogP contribution in [0.5, 0.6) is 0 Å². The topological polar surface area (TPSA) is 279 Å². The number of hydrogen-bond acceptors (Lipinski definition) is 12. The predicted octanol–water partition coefficient (Wildman–Crippen LogP) is -0.280. The van der Waals surface area contributed by atoms with Crippen molar-refractivity contribution in [3.8, 4) is 0 Å². The van der Waals surface area contributed by atoms with Gasteiger partial charge in [-0.15, -0.1) is 0 Å². The summed E-state index contributed by atoms with van der Waals surface area (Å²) >= 11 is 0. The number of fused-ring (bicyclic) bond motifs is 1. The summed E-state index contributed by atoms with van der Waals surface area (Å²) in [6.45, 7) is 3.62. The number of rotatable bonds is 8. The molecule has 1 aliphatic rings. The molecule has 3 heterocycles. The standard InChI is InChI=1S/C13H22N5O13P3/c1-12(2)6(4-28-33(24,25)31-34(26,27)30-32(21,22)23)29-10(13(12,3)20)18-5-15-7-8(18)16-11(14)17-9(7)19/h5-6,10,20H,4H2,1-3H3,(H,24,25)(H,26,27)(H2,21,22,23)(H3,14,16,17,19)/t6-,10-,13+/m1/s1. The highest BCUT2D eigenvalue weighted by Crippen LogP contribution is 2.66. The fraction of sp³-hybridized carbons (Fsp3) is 0.615. The Morgan fingerprint density at radius 2 is 1.79 bits per heavy atom. The summed E-state index contributed by atoms with van der Waals surface area (Å²) in [5.41, 5.74) is 1.87. The van der Waals surface area contributed by atoms with Gasteiger partial charge in [0.15, 0.2) is 17.4 Å². The van der Waals surface area contributed by atoms with Crippen LogP contribution in [0.2, 0.25) is 0 Å². The SMILES string of the molecule is CC1(C)[C@@H](COP(=O)(O)OP(=O)(O)OP(=O)(O)O)O[C@@H](n2cnc3c(=O)[nH]c(N)nc32)[C@]1(C)O. The molecule has 2 aromatic heterocycles. The van der Waals surface area contributed by atoms with E-state index in [9.17, 15) is 33.4 Å². The zero-order valence-electron chi connectivity index (χ0n) is 17.7. The minimum Gasteiger partial charge on any atom is -0.385 e. The molecule has 0 radical (unpaired) electrons. The Balaban J connectivity index is 1.84. The highest BCUT2D eigenvalue weighted by molar-refractivity contribution is 7.66. The van der Waals surface area contributed by atoms with Gasteiger partial charge < -0.3 is 35.2 Å². The van der Waals surface area contributed by atoms with E-state index in [1.165, 1.54) is 31.7 Å². The average Bonchev–Trinajstić information content (AvgIpc) is 3.08. The monoisotopic (exact) mass is 549 g/mol. The third kappa shape index (κ3) is 5.33. The first kappa shape index (κ1) is 27.1. The Labute approximate surface area is 190 Å². The number of phosphoric ester groups is 1. The maximum absolute atomic E-state index is 12.1. The molecule has 192 valence electrons. The number of hydrogen-bond donors (Lipinski definition) is 7. The number of phosphoric acid groups is 3. The minimum atomic E-state index is -5.70. The first-order valence-electron chi connectivity index (χ1n) is 9.14. The molecule has 34 heavy (non-hydrogen) atoms. The number of anilines is 1. The molecular weight excluding hydrogens is 527 g/mol. The second-order valence-corrected chi connectivity index (χ2v) is 12.4. The molecule has 2 unspecified atom stereocenters. The average molecular weight is 549 g/mol. The van der Waals surface area contributed by atoms with Crippen LogP contribution in [0.1, 0.15) is 27.0 Å². The van der Waals surface area contributed by atoms with Crippen LogP contribution in [0, 0.1) is 5.41 Å². The lowest BCUT2D eigenvalue weighted by Gasteiger charge is -2.36. The van der Waals surface area contributed by atoms with E-state index in [1.807, 2.05) is 0 Å². The molecule has 0 spiro atoms. The number of aliphatic hydroxyl groups is 1. The second kappa shape index (κ2) is 8.55. The molecule has 21 heteroatoms. The molecule has 8 N–H and O–H groups in total. The third-order valence-corrected chi connectivity index (χ3v) is 9.19. The van der Waals surface area contributed by atoms with E-state index in [1.54, 1.807) is 0 Å². The molecule has 3 rings (SSSR count). The Morgan fingerprint density at radius 1 is 1.18 bits per heavy atom. The molecule has 0 aromatic carbocycles. The summed E-state index contributed by atoms with van der Waals surface area (Å²) in [6.07, 6.45) is -1.25. The molecule has 0 aliphatic carbocycles. The minimum absolute atomic E-state index is 0.0177. The number of nitrogens with two attached hydrogens (primary N) is 1. The van der Waals surface area contributed by atoms with Gasteiger partial charge in [-0.05, 0) is 6.92 Å². The van der Waals surface area contributed by atoms with E-state index in [0.29, 0.717) is 0 Å². The Hall–Kier alpha value is -1.52. The molecule has 0 bridgehead atoms. The first-order chi connectivity index (χ1) is 15.3. The van der Waals surface area contributed by atoms with Crippen molar-refractivity contribution in [1.29, 1.82) is 0 Å². The summed E-state index contributed by atoms with van der Waals surface area (Å²) in [5.74, 6) is -0.222. The van der Waals surface area contributed by atoms with Crippen LogP contribution < -0.4 is 11.3 Å². The van der Waals surface area contributed by atoms with Gasteiger partial charge in [0.05, 0.1) is 19.0 Å². The summed E-state index contributed by atoms with van der Waals surface area (Å²) < 4.78 is 53.3. The van der Waals surface area contributed by atoms with Gasteiger partial charge in [-0.2, -0.15) is 13.6 Å². The van der Waals surface area contributed by atoms with Crippen molar-refractivity contribution in [1.82, 2.24) is 19.5 Å². The highest BCUT2D eigenvalue weighted by Gasteiger charge is 2.60.